The van der Waals surface area contributed by atoms with Crippen molar-refractivity contribution in [2.24, 2.45) is 5.92 Å². The zero-order chi connectivity index (χ0) is 18.0. The molecule has 1 amide bonds. The molecule has 1 saturated carbocycles. The van der Waals surface area contributed by atoms with E-state index in [0.717, 1.165) is 19.3 Å². The molecular formula is C16H22N2O6S. The fourth-order valence-corrected chi connectivity index (χ4v) is 4.81. The second-order valence-electron chi connectivity index (χ2n) is 6.29. The van der Waals surface area contributed by atoms with E-state index >= 15 is 0 Å². The topological polar surface area (TPSA) is 114 Å². The summed E-state index contributed by atoms with van der Waals surface area (Å²) < 4.78 is 38.9. The number of hydrogen-bond donors (Lipinski definition) is 3. The van der Waals surface area contributed by atoms with Gasteiger partial charge < -0.3 is 19.9 Å². The fraction of sp³-hybridized carbons (Fsp3) is 0.562. The van der Waals surface area contributed by atoms with Gasteiger partial charge in [-0.05, 0) is 18.8 Å². The molecule has 0 radical (unpaired) electrons. The van der Waals surface area contributed by atoms with Gasteiger partial charge in [-0.25, -0.2) is 13.1 Å². The predicted molar refractivity (Wildman–Crippen MR) is 90.3 cm³/mol. The number of aliphatic hydroxyl groups excluding tert-OH is 1. The van der Waals surface area contributed by atoms with E-state index in [2.05, 4.69) is 10.0 Å². The third-order valence-corrected chi connectivity index (χ3v) is 6.15. The largest absolute Gasteiger partial charge is 0.495 e. The molecule has 25 heavy (non-hydrogen) atoms. The summed E-state index contributed by atoms with van der Waals surface area (Å²) in [6.45, 7) is -0.217. The Hall–Kier alpha value is -1.84. The van der Waals surface area contributed by atoms with Crippen molar-refractivity contribution in [3.05, 3.63) is 12.1 Å². The van der Waals surface area contributed by atoms with E-state index in [4.69, 9.17) is 9.47 Å². The van der Waals surface area contributed by atoms with Crippen LogP contribution < -0.4 is 19.5 Å². The standard InChI is InChI=1S/C16H22N2O6S/c1-23-14-6-12-13(24-9-16(20)17-12)7-15(14)25(21,22)18-11-5-3-2-4-10(11)8-19/h6-7,10-11,18-19H,2-5,8-9H2,1H3,(H,17,20). The van der Waals surface area contributed by atoms with Crippen LogP contribution in [0.3, 0.4) is 0 Å². The van der Waals surface area contributed by atoms with Gasteiger partial charge in [-0.1, -0.05) is 12.8 Å². The minimum Gasteiger partial charge on any atom is -0.495 e. The first-order valence-corrected chi connectivity index (χ1v) is 9.71. The van der Waals surface area contributed by atoms with Gasteiger partial charge in [-0.3, -0.25) is 4.79 Å². The number of amides is 1. The number of carbonyl (C=O) groups is 1. The summed E-state index contributed by atoms with van der Waals surface area (Å²) in [5.41, 5.74) is 0.373. The zero-order valence-electron chi connectivity index (χ0n) is 13.9. The third kappa shape index (κ3) is 3.73. The number of hydrogen-bond acceptors (Lipinski definition) is 6. The lowest BCUT2D eigenvalue weighted by Gasteiger charge is -2.31. The quantitative estimate of drug-likeness (QED) is 0.708. The first-order chi connectivity index (χ1) is 11.9. The first-order valence-electron chi connectivity index (χ1n) is 8.22. The molecule has 1 aliphatic heterocycles. The van der Waals surface area contributed by atoms with Gasteiger partial charge in [0.1, 0.15) is 16.4 Å². The number of nitrogens with one attached hydrogen (secondary N) is 2. The fourth-order valence-electron chi connectivity index (χ4n) is 3.30. The van der Waals surface area contributed by atoms with Crippen molar-refractivity contribution in [1.82, 2.24) is 4.72 Å². The van der Waals surface area contributed by atoms with Crippen molar-refractivity contribution >= 4 is 21.6 Å². The van der Waals surface area contributed by atoms with Crippen LogP contribution >= 0.6 is 0 Å². The second-order valence-corrected chi connectivity index (χ2v) is 7.97. The van der Waals surface area contributed by atoms with Gasteiger partial charge in [0.15, 0.2) is 6.61 Å². The summed E-state index contributed by atoms with van der Waals surface area (Å²) >= 11 is 0. The number of carbonyl (C=O) groups excluding carboxylic acids is 1. The Morgan fingerprint density at radius 1 is 1.36 bits per heavy atom. The van der Waals surface area contributed by atoms with Crippen LogP contribution in [0.5, 0.6) is 11.5 Å². The molecule has 1 aromatic carbocycles. The minimum atomic E-state index is -3.87. The highest BCUT2D eigenvalue weighted by Crippen LogP contribution is 2.37. The molecule has 2 unspecified atom stereocenters. The average molecular weight is 370 g/mol. The molecule has 8 nitrogen and oxygen atoms in total. The normalized spacial score (nSPS) is 23.4. The Kier molecular flexibility index (Phi) is 5.16. The number of fused-ring (bicyclic) bond motifs is 1. The van der Waals surface area contributed by atoms with E-state index in [0.29, 0.717) is 12.1 Å². The van der Waals surface area contributed by atoms with Crippen LogP contribution in [0.25, 0.3) is 0 Å². The Labute approximate surface area is 146 Å². The monoisotopic (exact) mass is 370 g/mol. The molecule has 2 atom stereocenters. The molecule has 0 spiro atoms. The molecular weight excluding hydrogens is 348 g/mol. The van der Waals surface area contributed by atoms with Gasteiger partial charge in [-0.2, -0.15) is 0 Å². The Balaban J connectivity index is 1.92. The van der Waals surface area contributed by atoms with Gasteiger partial charge in [0.25, 0.3) is 5.91 Å². The highest BCUT2D eigenvalue weighted by molar-refractivity contribution is 7.89. The smallest absolute Gasteiger partial charge is 0.262 e. The molecule has 1 fully saturated rings. The third-order valence-electron chi connectivity index (χ3n) is 4.64. The Morgan fingerprint density at radius 3 is 2.84 bits per heavy atom. The van der Waals surface area contributed by atoms with E-state index in [-0.39, 0.29) is 47.5 Å². The number of aliphatic hydroxyl groups is 1. The number of sulfonamides is 1. The van der Waals surface area contributed by atoms with Crippen molar-refractivity contribution in [2.45, 2.75) is 36.6 Å². The average Bonchev–Trinajstić information content (AvgIpc) is 2.60. The van der Waals surface area contributed by atoms with E-state index in [1.807, 2.05) is 0 Å². The summed E-state index contributed by atoms with van der Waals surface area (Å²) in [4.78, 5) is 11.4. The molecule has 0 saturated heterocycles. The minimum absolute atomic E-state index is 0.0489. The highest BCUT2D eigenvalue weighted by atomic mass is 32.2. The highest BCUT2D eigenvalue weighted by Gasteiger charge is 2.32. The molecule has 3 N–H and O–H groups in total. The molecule has 3 rings (SSSR count). The van der Waals surface area contributed by atoms with Crippen LogP contribution in [0.1, 0.15) is 25.7 Å². The molecule has 2 aliphatic rings. The maximum atomic E-state index is 12.9. The van der Waals surface area contributed by atoms with Crippen molar-refractivity contribution < 1.29 is 27.8 Å². The summed E-state index contributed by atoms with van der Waals surface area (Å²) in [6.07, 6.45) is 3.38. The number of methoxy groups -OCH3 is 1. The van der Waals surface area contributed by atoms with Crippen molar-refractivity contribution in [3.63, 3.8) is 0 Å². The van der Waals surface area contributed by atoms with E-state index in [9.17, 15) is 18.3 Å². The summed E-state index contributed by atoms with van der Waals surface area (Å²) in [7, 11) is -2.51. The van der Waals surface area contributed by atoms with Crippen LogP contribution in [0, 0.1) is 5.92 Å². The van der Waals surface area contributed by atoms with Crippen LogP contribution in [-0.2, 0) is 14.8 Å². The summed E-state index contributed by atoms with van der Waals surface area (Å²) in [6, 6.07) is 2.48. The molecule has 1 heterocycles. The molecule has 138 valence electrons. The molecule has 1 aliphatic carbocycles. The van der Waals surface area contributed by atoms with Gasteiger partial charge in [0.05, 0.1) is 12.8 Å². The maximum Gasteiger partial charge on any atom is 0.262 e. The maximum absolute atomic E-state index is 12.9. The van der Waals surface area contributed by atoms with Gasteiger partial charge in [0, 0.05) is 24.8 Å². The number of benzene rings is 1. The number of rotatable bonds is 5. The predicted octanol–water partition coefficient (Wildman–Crippen LogP) is 0.855. The molecule has 1 aromatic rings. The Bertz CT molecular complexity index is 764. The van der Waals surface area contributed by atoms with Crippen molar-refractivity contribution in [3.8, 4) is 11.5 Å². The molecule has 0 bridgehead atoms. The van der Waals surface area contributed by atoms with E-state index in [1.165, 1.54) is 19.2 Å². The second kappa shape index (κ2) is 7.19. The lowest BCUT2D eigenvalue weighted by Crippen LogP contribution is -2.43. The van der Waals surface area contributed by atoms with E-state index < -0.39 is 10.0 Å². The van der Waals surface area contributed by atoms with Crippen LogP contribution in [-0.4, -0.2) is 45.8 Å². The van der Waals surface area contributed by atoms with Crippen LogP contribution in [0.2, 0.25) is 0 Å². The number of anilines is 1. The Morgan fingerprint density at radius 2 is 2.12 bits per heavy atom. The first kappa shape index (κ1) is 18.0. The van der Waals surface area contributed by atoms with E-state index in [1.54, 1.807) is 0 Å². The zero-order valence-corrected chi connectivity index (χ0v) is 14.8. The van der Waals surface area contributed by atoms with Crippen molar-refractivity contribution in [2.75, 3.05) is 25.6 Å². The van der Waals surface area contributed by atoms with Crippen LogP contribution in [0.4, 0.5) is 5.69 Å². The van der Waals surface area contributed by atoms with Crippen LogP contribution in [0.15, 0.2) is 17.0 Å². The lowest BCUT2D eigenvalue weighted by molar-refractivity contribution is -0.118. The van der Waals surface area contributed by atoms with Crippen molar-refractivity contribution in [1.29, 1.82) is 0 Å². The summed E-state index contributed by atoms with van der Waals surface area (Å²) in [5, 5.41) is 12.1. The lowest BCUT2D eigenvalue weighted by atomic mass is 9.86. The molecule has 0 aromatic heterocycles. The van der Waals surface area contributed by atoms with Gasteiger partial charge >= 0.3 is 0 Å². The molecule has 9 heteroatoms. The van der Waals surface area contributed by atoms with Gasteiger partial charge in [0.2, 0.25) is 10.0 Å². The summed E-state index contributed by atoms with van der Waals surface area (Å²) in [5.74, 6) is -0.00417. The SMILES string of the molecule is COc1cc2c(cc1S(=O)(=O)NC1CCCCC1CO)OCC(=O)N2. The number of ether oxygens (including phenoxy) is 2. The van der Waals surface area contributed by atoms with Gasteiger partial charge in [-0.15, -0.1) is 0 Å².